The number of carbonyl (C=O) groups excluding carboxylic acids is 1. The molecule has 0 fully saturated rings. The van der Waals surface area contributed by atoms with Crippen molar-refractivity contribution in [3.63, 3.8) is 0 Å². The smallest absolute Gasteiger partial charge is 0.330 e. The third-order valence-electron chi connectivity index (χ3n) is 5.25. The fraction of sp³-hybridized carbons (Fsp3) is 0.154. The van der Waals surface area contributed by atoms with E-state index in [0.717, 1.165) is 33.3 Å². The first-order valence-electron chi connectivity index (χ1n) is 9.97. The van der Waals surface area contributed by atoms with Crippen LogP contribution < -0.4 is 0 Å². The van der Waals surface area contributed by atoms with E-state index in [-0.39, 0.29) is 5.97 Å². The molecule has 1 heterocycles. The van der Waals surface area contributed by atoms with Gasteiger partial charge in [0, 0.05) is 41.7 Å². The van der Waals surface area contributed by atoms with Crippen molar-refractivity contribution in [1.82, 2.24) is 4.57 Å². The Labute approximate surface area is 176 Å². The summed E-state index contributed by atoms with van der Waals surface area (Å²) in [6.45, 7) is 0. The highest BCUT2D eigenvalue weighted by Gasteiger charge is 2.22. The number of fused-ring (bicyclic) bond motifs is 1. The number of hydrogen-bond acceptors (Lipinski definition) is 3. The van der Waals surface area contributed by atoms with Crippen molar-refractivity contribution in [2.45, 2.75) is 12.5 Å². The number of aryl methyl sites for hydroxylation is 1. The number of aromatic nitrogens is 1. The Morgan fingerprint density at radius 3 is 2.07 bits per heavy atom. The zero-order valence-corrected chi connectivity index (χ0v) is 17.2. The number of methoxy groups -OCH3 is 1. The molecule has 0 saturated carbocycles. The maximum Gasteiger partial charge on any atom is 0.330 e. The van der Waals surface area contributed by atoms with Crippen molar-refractivity contribution in [3.05, 3.63) is 108 Å². The van der Waals surface area contributed by atoms with Crippen LogP contribution in [0.1, 0.15) is 16.7 Å². The van der Waals surface area contributed by atoms with Crippen molar-refractivity contribution >= 4 is 22.6 Å². The predicted molar refractivity (Wildman–Crippen MR) is 121 cm³/mol. The van der Waals surface area contributed by atoms with Gasteiger partial charge in [0.25, 0.3) is 0 Å². The van der Waals surface area contributed by atoms with Crippen molar-refractivity contribution < 1.29 is 9.53 Å². The van der Waals surface area contributed by atoms with E-state index in [1.807, 2.05) is 79.8 Å². The van der Waals surface area contributed by atoms with Gasteiger partial charge in [-0.25, -0.2) is 4.79 Å². The fourth-order valence-electron chi connectivity index (χ4n) is 3.78. The highest BCUT2D eigenvalue weighted by Crippen LogP contribution is 2.23. The second-order valence-corrected chi connectivity index (χ2v) is 7.24. The molecule has 4 heteroatoms. The van der Waals surface area contributed by atoms with Gasteiger partial charge < -0.3 is 9.30 Å². The predicted octanol–water partition coefficient (Wildman–Crippen LogP) is 4.80. The first-order chi connectivity index (χ1) is 14.7. The van der Waals surface area contributed by atoms with Crippen LogP contribution in [0.5, 0.6) is 0 Å². The van der Waals surface area contributed by atoms with E-state index in [0.29, 0.717) is 6.42 Å². The largest absolute Gasteiger partial charge is 0.467 e. The highest BCUT2D eigenvalue weighted by molar-refractivity contribution is 6.13. The molecular weight excluding hydrogens is 372 g/mol. The molecule has 4 aromatic rings. The topological polar surface area (TPSA) is 43.6 Å². The van der Waals surface area contributed by atoms with Gasteiger partial charge in [-0.2, -0.15) is 0 Å². The third-order valence-corrected chi connectivity index (χ3v) is 5.25. The lowest BCUT2D eigenvalue weighted by atomic mass is 10.0. The number of ether oxygens (including phenoxy) is 1. The number of esters is 1. The minimum absolute atomic E-state index is 0.340. The monoisotopic (exact) mass is 396 g/mol. The fourth-order valence-corrected chi connectivity index (χ4v) is 3.78. The van der Waals surface area contributed by atoms with Gasteiger partial charge in [0.1, 0.15) is 0 Å². The SMILES string of the molecule is COC(=O)[C@@H](Cc1cn(C)c2ccccc12)N=C(c1ccccc1)c1ccccc1. The molecule has 1 aromatic heterocycles. The Balaban J connectivity index is 1.80. The molecule has 0 bridgehead atoms. The van der Waals surface area contributed by atoms with E-state index >= 15 is 0 Å². The summed E-state index contributed by atoms with van der Waals surface area (Å²) in [5.74, 6) is -0.340. The van der Waals surface area contributed by atoms with Crippen LogP contribution in [-0.2, 0) is 23.0 Å². The number of hydrogen-bond donors (Lipinski definition) is 0. The van der Waals surface area contributed by atoms with Gasteiger partial charge in [0.05, 0.1) is 12.8 Å². The summed E-state index contributed by atoms with van der Waals surface area (Å²) in [7, 11) is 3.43. The van der Waals surface area contributed by atoms with Gasteiger partial charge >= 0.3 is 5.97 Å². The van der Waals surface area contributed by atoms with Gasteiger partial charge in [-0.05, 0) is 11.6 Å². The molecule has 1 atom stereocenters. The molecule has 4 rings (SSSR count). The molecule has 0 saturated heterocycles. The van der Waals surface area contributed by atoms with Gasteiger partial charge in [-0.1, -0.05) is 78.9 Å². The minimum atomic E-state index is -0.642. The van der Waals surface area contributed by atoms with Crippen LogP contribution in [-0.4, -0.2) is 29.4 Å². The maximum absolute atomic E-state index is 12.7. The summed E-state index contributed by atoms with van der Waals surface area (Å²) < 4.78 is 7.20. The Hall–Kier alpha value is -3.66. The zero-order valence-electron chi connectivity index (χ0n) is 17.2. The van der Waals surface area contributed by atoms with Crippen LogP contribution >= 0.6 is 0 Å². The second-order valence-electron chi connectivity index (χ2n) is 7.24. The first-order valence-corrected chi connectivity index (χ1v) is 9.97. The maximum atomic E-state index is 12.7. The Morgan fingerprint density at radius 2 is 1.47 bits per heavy atom. The van der Waals surface area contributed by atoms with Crippen LogP contribution in [0.25, 0.3) is 10.9 Å². The average Bonchev–Trinajstić information content (AvgIpc) is 3.12. The molecule has 0 aliphatic rings. The average molecular weight is 396 g/mol. The lowest BCUT2D eigenvalue weighted by Crippen LogP contribution is -2.25. The number of nitrogens with zero attached hydrogens (tertiary/aromatic N) is 2. The number of benzene rings is 3. The van der Waals surface area contributed by atoms with Crippen LogP contribution in [0.3, 0.4) is 0 Å². The molecule has 0 radical (unpaired) electrons. The molecular formula is C26H24N2O2. The second kappa shape index (κ2) is 8.78. The Bertz CT molecular complexity index is 1140. The van der Waals surface area contributed by atoms with E-state index in [9.17, 15) is 4.79 Å². The molecule has 0 amide bonds. The van der Waals surface area contributed by atoms with Crippen LogP contribution in [0, 0.1) is 0 Å². The molecule has 150 valence electrons. The minimum Gasteiger partial charge on any atom is -0.467 e. The van der Waals surface area contributed by atoms with E-state index < -0.39 is 6.04 Å². The third kappa shape index (κ3) is 4.03. The van der Waals surface area contributed by atoms with E-state index in [4.69, 9.17) is 9.73 Å². The van der Waals surface area contributed by atoms with Gasteiger partial charge in [0.2, 0.25) is 0 Å². The molecule has 0 unspecified atom stereocenters. The summed E-state index contributed by atoms with van der Waals surface area (Å²) >= 11 is 0. The Morgan fingerprint density at radius 1 is 0.900 bits per heavy atom. The summed E-state index contributed by atoms with van der Waals surface area (Å²) in [4.78, 5) is 17.7. The summed E-state index contributed by atoms with van der Waals surface area (Å²) in [6.07, 6.45) is 2.54. The molecule has 4 nitrogen and oxygen atoms in total. The van der Waals surface area contributed by atoms with Gasteiger partial charge in [-0.15, -0.1) is 0 Å². The molecule has 0 aliphatic heterocycles. The summed E-state index contributed by atoms with van der Waals surface area (Å²) in [6, 6.07) is 27.5. The first kappa shape index (κ1) is 19.6. The molecule has 0 spiro atoms. The summed E-state index contributed by atoms with van der Waals surface area (Å²) in [5.41, 5.74) is 4.93. The highest BCUT2D eigenvalue weighted by atomic mass is 16.5. The van der Waals surface area contributed by atoms with E-state index in [1.165, 1.54) is 7.11 Å². The quantitative estimate of drug-likeness (QED) is 0.347. The van der Waals surface area contributed by atoms with E-state index in [1.54, 1.807) is 0 Å². The van der Waals surface area contributed by atoms with Gasteiger partial charge in [-0.3, -0.25) is 4.99 Å². The standard InChI is InChI=1S/C26H24N2O2/c1-28-18-21(22-15-9-10-16-24(22)28)17-23(26(29)30-2)27-25(19-11-5-3-6-12-19)20-13-7-4-8-14-20/h3-16,18,23H,17H2,1-2H3/t23-/m1/s1. The Kier molecular flexibility index (Phi) is 5.75. The van der Waals surface area contributed by atoms with Crippen molar-refractivity contribution in [3.8, 4) is 0 Å². The zero-order chi connectivity index (χ0) is 20.9. The van der Waals surface area contributed by atoms with Crippen LogP contribution in [0.15, 0.2) is 96.1 Å². The van der Waals surface area contributed by atoms with Crippen LogP contribution in [0.2, 0.25) is 0 Å². The molecule has 3 aromatic carbocycles. The molecule has 30 heavy (non-hydrogen) atoms. The number of aliphatic imine (C=N–C) groups is 1. The normalized spacial score (nSPS) is 11.8. The van der Waals surface area contributed by atoms with Crippen molar-refractivity contribution in [1.29, 1.82) is 0 Å². The lowest BCUT2D eigenvalue weighted by molar-refractivity contribution is -0.142. The number of rotatable bonds is 6. The molecule has 0 aliphatic carbocycles. The van der Waals surface area contributed by atoms with Gasteiger partial charge in [0.15, 0.2) is 6.04 Å². The van der Waals surface area contributed by atoms with Crippen molar-refractivity contribution in [2.24, 2.45) is 12.0 Å². The van der Waals surface area contributed by atoms with E-state index in [2.05, 4.69) is 22.9 Å². The number of carbonyl (C=O) groups is 1. The molecule has 0 N–H and O–H groups in total. The lowest BCUT2D eigenvalue weighted by Gasteiger charge is -2.14. The summed E-state index contributed by atoms with van der Waals surface area (Å²) in [5, 5.41) is 1.13. The van der Waals surface area contributed by atoms with Crippen LogP contribution in [0.4, 0.5) is 0 Å². The van der Waals surface area contributed by atoms with Crippen molar-refractivity contribution in [2.75, 3.05) is 7.11 Å². The number of para-hydroxylation sites is 1.